The first-order valence-corrected chi connectivity index (χ1v) is 17.7. The third kappa shape index (κ3) is 12.4. The summed E-state index contributed by atoms with van der Waals surface area (Å²) in [6, 6.07) is 1.46. The number of carbonyl (C=O) groups excluding carboxylic acids is 7. The summed E-state index contributed by atoms with van der Waals surface area (Å²) >= 11 is 0. The number of nitrogens with zero attached hydrogens (tertiary/aromatic N) is 5. The Hall–Kier alpha value is -6.21. The van der Waals surface area contributed by atoms with Crippen LogP contribution in [-0.4, -0.2) is 97.1 Å². The van der Waals surface area contributed by atoms with Crippen LogP contribution in [0.15, 0.2) is 24.7 Å². The summed E-state index contributed by atoms with van der Waals surface area (Å²) in [5.41, 5.74) is -0.454. The Bertz CT molecular complexity index is 1930. The minimum Gasteiger partial charge on any atom is -0.466 e. The van der Waals surface area contributed by atoms with E-state index in [1.165, 1.54) is 32.2 Å². The number of carbonyl (C=O) groups is 7. The number of hydrogen-bond donors (Lipinski definition) is 6. The molecule has 0 unspecified atom stereocenters. The second kappa shape index (κ2) is 17.7. The Labute approximate surface area is 317 Å². The fraction of sp³-hybridized carbons (Fsp3) is 0.514. The van der Waals surface area contributed by atoms with Gasteiger partial charge in [-0.05, 0) is 52.0 Å². The van der Waals surface area contributed by atoms with Gasteiger partial charge in [0.25, 0.3) is 17.7 Å². The predicted octanol–water partition coefficient (Wildman–Crippen LogP) is 1.82. The largest absolute Gasteiger partial charge is 0.466 e. The molecule has 55 heavy (non-hydrogen) atoms. The number of alkyl carbamates (subject to hydrolysis) is 1. The number of aryl methyl sites for hydroxylation is 3. The average molecular weight is 768 g/mol. The van der Waals surface area contributed by atoms with Crippen molar-refractivity contribution in [1.29, 1.82) is 0 Å². The van der Waals surface area contributed by atoms with Gasteiger partial charge in [0.2, 0.25) is 23.5 Å². The van der Waals surface area contributed by atoms with Gasteiger partial charge in [0, 0.05) is 72.2 Å². The average Bonchev–Trinajstić information content (AvgIpc) is 3.35. The molecule has 0 spiro atoms. The number of rotatable bonds is 17. The molecule has 4 rings (SSSR count). The zero-order valence-corrected chi connectivity index (χ0v) is 32.1. The van der Waals surface area contributed by atoms with Crippen LogP contribution in [0.3, 0.4) is 0 Å². The van der Waals surface area contributed by atoms with Crippen molar-refractivity contribution < 1.29 is 43.0 Å². The summed E-state index contributed by atoms with van der Waals surface area (Å²) < 4.78 is 14.5. The molecule has 3 heterocycles. The predicted molar refractivity (Wildman–Crippen MR) is 198 cm³/mol. The lowest BCUT2D eigenvalue weighted by Crippen LogP contribution is -2.36. The van der Waals surface area contributed by atoms with Crippen LogP contribution in [0.2, 0.25) is 0 Å². The Morgan fingerprint density at radius 1 is 0.745 bits per heavy atom. The standard InChI is InChI=1S/C35H49N11O9/c1-8-54-27(49)10-14-37-32(52)29-42-24(19-46(29)7)43-30(50)22-15-21(17-44(22)5)39-25(47)9-13-36-31(51)28-41-23(18-45(28)6)40-26(48)16-35(11-12-35)20-38-33(53)55-34(2,3)4/h15,17-19H,8-14,16,20H2,1-7H3,(H,36,51)(H,37,52)(H,38,53)(H,39,47)(H,40,48)(H,43,50). The van der Waals surface area contributed by atoms with Gasteiger partial charge < -0.3 is 55.1 Å². The smallest absolute Gasteiger partial charge is 0.407 e. The maximum atomic E-state index is 13.0. The molecule has 0 radical (unpaired) electrons. The van der Waals surface area contributed by atoms with Crippen LogP contribution in [0.4, 0.5) is 22.1 Å². The molecule has 3 aromatic heterocycles. The molecule has 0 aliphatic heterocycles. The van der Waals surface area contributed by atoms with Crippen molar-refractivity contribution >= 4 is 58.9 Å². The molecule has 1 aliphatic rings. The Kier molecular flexibility index (Phi) is 13.4. The highest BCUT2D eigenvalue weighted by Crippen LogP contribution is 2.48. The number of esters is 1. The van der Waals surface area contributed by atoms with E-state index in [1.54, 1.807) is 55.0 Å². The van der Waals surface area contributed by atoms with Crippen LogP contribution in [-0.2, 0) is 45.0 Å². The first kappa shape index (κ1) is 41.5. The van der Waals surface area contributed by atoms with Crippen LogP contribution in [0, 0.1) is 5.41 Å². The second-order valence-corrected chi connectivity index (χ2v) is 14.2. The summed E-state index contributed by atoms with van der Waals surface area (Å²) in [5.74, 6) is -2.46. The van der Waals surface area contributed by atoms with Crippen molar-refractivity contribution in [2.45, 2.75) is 65.4 Å². The highest BCUT2D eigenvalue weighted by molar-refractivity contribution is 6.04. The van der Waals surface area contributed by atoms with Gasteiger partial charge >= 0.3 is 12.1 Å². The van der Waals surface area contributed by atoms with E-state index in [0.717, 1.165) is 12.8 Å². The van der Waals surface area contributed by atoms with E-state index in [4.69, 9.17) is 9.47 Å². The molecule has 0 atom stereocenters. The van der Waals surface area contributed by atoms with Gasteiger partial charge in [-0.1, -0.05) is 0 Å². The molecular formula is C35H49N11O9. The summed E-state index contributed by atoms with van der Waals surface area (Å²) in [4.78, 5) is 95.7. The number of anilines is 3. The van der Waals surface area contributed by atoms with Crippen molar-refractivity contribution in [3.8, 4) is 0 Å². The molecule has 0 bridgehead atoms. The molecule has 1 saturated carbocycles. The lowest BCUT2D eigenvalue weighted by molar-refractivity contribution is -0.142. The van der Waals surface area contributed by atoms with Gasteiger partial charge in [0.15, 0.2) is 11.6 Å². The topological polar surface area (TPSA) is 251 Å². The first-order chi connectivity index (χ1) is 25.9. The third-order valence-corrected chi connectivity index (χ3v) is 8.25. The monoisotopic (exact) mass is 767 g/mol. The second-order valence-electron chi connectivity index (χ2n) is 14.2. The van der Waals surface area contributed by atoms with Crippen molar-refractivity contribution in [3.05, 3.63) is 42.0 Å². The molecule has 0 saturated heterocycles. The van der Waals surface area contributed by atoms with Gasteiger partial charge in [0.1, 0.15) is 11.3 Å². The minimum absolute atomic E-state index is 0.00488. The number of ether oxygens (including phenoxy) is 2. The normalized spacial score (nSPS) is 12.9. The van der Waals surface area contributed by atoms with E-state index in [9.17, 15) is 33.6 Å². The van der Waals surface area contributed by atoms with E-state index in [-0.39, 0.29) is 79.3 Å². The fourth-order valence-electron chi connectivity index (χ4n) is 5.39. The molecule has 6 amide bonds. The van der Waals surface area contributed by atoms with Crippen molar-refractivity contribution in [2.24, 2.45) is 26.6 Å². The van der Waals surface area contributed by atoms with Gasteiger partial charge in [0.05, 0.1) is 18.7 Å². The Morgan fingerprint density at radius 2 is 1.33 bits per heavy atom. The zero-order chi connectivity index (χ0) is 40.5. The lowest BCUT2D eigenvalue weighted by atomic mass is 10.0. The quantitative estimate of drug-likeness (QED) is 0.108. The molecule has 1 aliphatic carbocycles. The van der Waals surface area contributed by atoms with Crippen molar-refractivity contribution in [2.75, 3.05) is 42.2 Å². The van der Waals surface area contributed by atoms with E-state index in [2.05, 4.69) is 41.9 Å². The molecule has 6 N–H and O–H groups in total. The molecule has 3 aromatic rings. The summed E-state index contributed by atoms with van der Waals surface area (Å²) in [6.45, 7) is 7.58. The summed E-state index contributed by atoms with van der Waals surface area (Å²) in [7, 11) is 4.79. The van der Waals surface area contributed by atoms with Gasteiger partial charge in [-0.3, -0.25) is 28.8 Å². The van der Waals surface area contributed by atoms with E-state index in [1.807, 2.05) is 0 Å². The zero-order valence-electron chi connectivity index (χ0n) is 32.1. The number of aromatic nitrogens is 5. The maximum absolute atomic E-state index is 13.0. The van der Waals surface area contributed by atoms with Crippen LogP contribution in [0.25, 0.3) is 0 Å². The van der Waals surface area contributed by atoms with Gasteiger partial charge in [-0.2, -0.15) is 0 Å². The highest BCUT2D eigenvalue weighted by atomic mass is 16.6. The summed E-state index contributed by atoms with van der Waals surface area (Å²) in [6.07, 6.45) is 5.59. The lowest BCUT2D eigenvalue weighted by Gasteiger charge is -2.21. The SMILES string of the molecule is CCOC(=O)CCNC(=O)c1nc(NC(=O)c2cc(NC(=O)CCNC(=O)c3nc(NC(=O)CC4(CNC(=O)OC(C)(C)C)CC4)cn3C)cn2C)cn1C. The number of imidazole rings is 2. The first-order valence-electron chi connectivity index (χ1n) is 17.7. The number of hydrogen-bond acceptors (Lipinski definition) is 11. The van der Waals surface area contributed by atoms with Gasteiger partial charge in [-0.15, -0.1) is 0 Å². The Morgan fingerprint density at radius 3 is 1.89 bits per heavy atom. The van der Waals surface area contributed by atoms with Crippen LogP contribution in [0.5, 0.6) is 0 Å². The van der Waals surface area contributed by atoms with Crippen molar-refractivity contribution in [1.82, 2.24) is 39.6 Å². The molecule has 20 nitrogen and oxygen atoms in total. The van der Waals surface area contributed by atoms with Gasteiger partial charge in [-0.25, -0.2) is 14.8 Å². The van der Waals surface area contributed by atoms with Crippen LogP contribution >= 0.6 is 0 Å². The van der Waals surface area contributed by atoms with Crippen LogP contribution in [0.1, 0.15) is 91.5 Å². The van der Waals surface area contributed by atoms with E-state index in [0.29, 0.717) is 12.2 Å². The molecular weight excluding hydrogens is 718 g/mol. The minimum atomic E-state index is -0.628. The highest BCUT2D eigenvalue weighted by Gasteiger charge is 2.44. The molecule has 298 valence electrons. The third-order valence-electron chi connectivity index (χ3n) is 8.25. The molecule has 20 heteroatoms. The fourth-order valence-corrected chi connectivity index (χ4v) is 5.39. The Balaban J connectivity index is 1.20. The maximum Gasteiger partial charge on any atom is 0.407 e. The van der Waals surface area contributed by atoms with Crippen molar-refractivity contribution in [3.63, 3.8) is 0 Å². The number of amides is 6. The number of nitrogens with one attached hydrogen (secondary N) is 6. The molecule has 1 fully saturated rings. The van der Waals surface area contributed by atoms with E-state index < -0.39 is 41.3 Å². The van der Waals surface area contributed by atoms with E-state index >= 15 is 0 Å². The van der Waals surface area contributed by atoms with Crippen LogP contribution < -0.4 is 31.9 Å². The molecule has 0 aromatic carbocycles. The summed E-state index contributed by atoms with van der Waals surface area (Å²) in [5, 5.41) is 16.0.